The van der Waals surface area contributed by atoms with Crippen molar-refractivity contribution in [3.05, 3.63) is 28.8 Å². The second-order valence-corrected chi connectivity index (χ2v) is 6.37. The average Bonchev–Trinajstić information content (AvgIpc) is 2.48. The fourth-order valence-corrected chi connectivity index (χ4v) is 3.48. The van der Waals surface area contributed by atoms with E-state index in [1.54, 1.807) is 18.9 Å². The Morgan fingerprint density at radius 1 is 1.43 bits per heavy atom. The number of rotatable bonds is 7. The first-order valence-electron chi connectivity index (χ1n) is 6.99. The van der Waals surface area contributed by atoms with Crippen molar-refractivity contribution in [3.8, 4) is 0 Å². The molecule has 6 heteroatoms. The molecule has 1 heterocycles. The summed E-state index contributed by atoms with van der Waals surface area (Å²) < 4.78 is 10.2. The highest BCUT2D eigenvalue weighted by Crippen LogP contribution is 2.37. The number of thioether (sulfide) groups is 1. The fraction of sp³-hybridized carbons (Fsp3) is 0.533. The molecule has 0 saturated carbocycles. The van der Waals surface area contributed by atoms with Gasteiger partial charge in [-0.1, -0.05) is 11.6 Å². The molecule has 1 aromatic carbocycles. The van der Waals surface area contributed by atoms with Crippen LogP contribution in [0.25, 0.3) is 0 Å². The predicted molar refractivity (Wildman–Crippen MR) is 85.0 cm³/mol. The lowest BCUT2D eigenvalue weighted by Gasteiger charge is -2.26. The van der Waals surface area contributed by atoms with Gasteiger partial charge in [0, 0.05) is 29.2 Å². The molecular formula is C15H20ClNO3S. The maximum absolute atomic E-state index is 12.0. The van der Waals surface area contributed by atoms with E-state index in [0.717, 1.165) is 17.7 Å². The third kappa shape index (κ3) is 5.18. The maximum atomic E-state index is 12.0. The van der Waals surface area contributed by atoms with E-state index >= 15 is 0 Å². The monoisotopic (exact) mass is 329 g/mol. The molecule has 0 radical (unpaired) electrons. The number of carbonyl (C=O) groups excluding carboxylic acids is 1. The number of hydrogen-bond acceptors (Lipinski definition) is 4. The highest BCUT2D eigenvalue weighted by Gasteiger charge is 2.22. The Balaban J connectivity index is 1.83. The Bertz CT molecular complexity index is 484. The van der Waals surface area contributed by atoms with E-state index in [1.165, 1.54) is 4.90 Å². The number of halogens is 1. The number of hydrogen-bond donors (Lipinski definition) is 1. The molecule has 0 bridgehead atoms. The van der Waals surface area contributed by atoms with Crippen molar-refractivity contribution in [2.45, 2.75) is 23.8 Å². The summed E-state index contributed by atoms with van der Waals surface area (Å²) in [5, 5.41) is 3.78. The third-order valence-electron chi connectivity index (χ3n) is 3.25. The Morgan fingerprint density at radius 2 is 2.29 bits per heavy atom. The molecule has 1 unspecified atom stereocenters. The predicted octanol–water partition coefficient (Wildman–Crippen LogP) is 3.05. The van der Waals surface area contributed by atoms with Crippen molar-refractivity contribution in [3.63, 3.8) is 0 Å². The van der Waals surface area contributed by atoms with Gasteiger partial charge < -0.3 is 14.8 Å². The van der Waals surface area contributed by atoms with Gasteiger partial charge in [0.25, 0.3) is 0 Å². The molecule has 1 aliphatic rings. The lowest BCUT2D eigenvalue weighted by Crippen LogP contribution is -2.31. The molecule has 21 heavy (non-hydrogen) atoms. The van der Waals surface area contributed by atoms with E-state index < -0.39 is 0 Å². The number of nitrogens with one attached hydrogen (secondary N) is 1. The van der Waals surface area contributed by atoms with Crippen LogP contribution in [0, 0.1) is 0 Å². The molecule has 2 rings (SSSR count). The van der Waals surface area contributed by atoms with Crippen LogP contribution in [-0.2, 0) is 14.3 Å². The second-order valence-electron chi connectivity index (χ2n) is 4.79. The van der Waals surface area contributed by atoms with Gasteiger partial charge in [-0.15, -0.1) is 11.8 Å². The Hall–Kier alpha value is -0.750. The van der Waals surface area contributed by atoms with Gasteiger partial charge >= 0.3 is 0 Å². The number of benzene rings is 1. The van der Waals surface area contributed by atoms with Crippen LogP contribution in [-0.4, -0.2) is 38.6 Å². The van der Waals surface area contributed by atoms with Gasteiger partial charge in [-0.2, -0.15) is 0 Å². The zero-order valence-electron chi connectivity index (χ0n) is 12.1. The minimum absolute atomic E-state index is 0.00948. The van der Waals surface area contributed by atoms with E-state index in [0.29, 0.717) is 31.3 Å². The highest BCUT2D eigenvalue weighted by molar-refractivity contribution is 7.99. The molecule has 1 N–H and O–H groups in total. The Kier molecular flexibility index (Phi) is 6.83. The van der Waals surface area contributed by atoms with Crippen molar-refractivity contribution in [1.82, 2.24) is 5.32 Å². The van der Waals surface area contributed by atoms with Gasteiger partial charge in [-0.25, -0.2) is 0 Å². The molecular weight excluding hydrogens is 310 g/mol. The van der Waals surface area contributed by atoms with Crippen LogP contribution < -0.4 is 5.32 Å². The summed E-state index contributed by atoms with van der Waals surface area (Å²) in [5.74, 6) is 1.01. The van der Waals surface area contributed by atoms with Crippen LogP contribution in [0.5, 0.6) is 0 Å². The number of methoxy groups -OCH3 is 1. The van der Waals surface area contributed by atoms with Gasteiger partial charge in [0.2, 0.25) is 5.91 Å². The van der Waals surface area contributed by atoms with Crippen molar-refractivity contribution >= 4 is 29.3 Å². The maximum Gasteiger partial charge on any atom is 0.222 e. The summed E-state index contributed by atoms with van der Waals surface area (Å²) in [4.78, 5) is 13.2. The minimum Gasteiger partial charge on any atom is -0.382 e. The number of carbonyl (C=O) groups is 1. The number of ether oxygens (including phenoxy) is 2. The number of amides is 1. The first-order valence-corrected chi connectivity index (χ1v) is 8.35. The summed E-state index contributed by atoms with van der Waals surface area (Å²) in [6, 6.07) is 5.91. The lowest BCUT2D eigenvalue weighted by molar-refractivity contribution is -0.123. The van der Waals surface area contributed by atoms with Crippen molar-refractivity contribution < 1.29 is 14.3 Å². The van der Waals surface area contributed by atoms with Gasteiger partial charge in [0.1, 0.15) is 0 Å². The SMILES string of the molecule is COCCOCCC(=O)NC1CCSc2ccc(Cl)cc21. The highest BCUT2D eigenvalue weighted by atomic mass is 35.5. The standard InChI is InChI=1S/C15H20ClNO3S/c1-19-7-8-20-6-4-15(18)17-13-5-9-21-14-3-2-11(16)10-12(13)14/h2-3,10,13H,4-9H2,1H3,(H,17,18). The van der Waals surface area contributed by atoms with Crippen LogP contribution in [0.2, 0.25) is 5.02 Å². The molecule has 0 aliphatic carbocycles. The van der Waals surface area contributed by atoms with E-state index in [9.17, 15) is 4.79 Å². The molecule has 1 aromatic rings. The Morgan fingerprint density at radius 3 is 3.10 bits per heavy atom. The van der Waals surface area contributed by atoms with E-state index in [-0.39, 0.29) is 11.9 Å². The minimum atomic E-state index is 0.00948. The molecule has 0 spiro atoms. The lowest BCUT2D eigenvalue weighted by atomic mass is 10.0. The first kappa shape index (κ1) is 16.6. The van der Waals surface area contributed by atoms with Crippen molar-refractivity contribution in [2.75, 3.05) is 32.7 Å². The summed E-state index contributed by atoms with van der Waals surface area (Å²) in [6.45, 7) is 1.48. The first-order chi connectivity index (χ1) is 10.2. The van der Waals surface area contributed by atoms with Gasteiger partial charge in [0.15, 0.2) is 0 Å². The molecule has 0 saturated heterocycles. The topological polar surface area (TPSA) is 47.6 Å². The quantitative estimate of drug-likeness (QED) is 0.781. The molecule has 0 aromatic heterocycles. The van der Waals surface area contributed by atoms with Crippen LogP contribution >= 0.6 is 23.4 Å². The summed E-state index contributed by atoms with van der Waals surface area (Å²) in [6.07, 6.45) is 1.29. The normalized spacial score (nSPS) is 17.3. The molecule has 1 aliphatic heterocycles. The van der Waals surface area contributed by atoms with Gasteiger partial charge in [0.05, 0.1) is 25.9 Å². The zero-order chi connectivity index (χ0) is 15.1. The van der Waals surface area contributed by atoms with E-state index in [1.807, 2.05) is 18.2 Å². The van der Waals surface area contributed by atoms with Gasteiger partial charge in [-0.3, -0.25) is 4.79 Å². The summed E-state index contributed by atoms with van der Waals surface area (Å²) >= 11 is 7.86. The smallest absolute Gasteiger partial charge is 0.222 e. The molecule has 1 amide bonds. The molecule has 0 fully saturated rings. The van der Waals surface area contributed by atoms with Crippen molar-refractivity contribution in [2.24, 2.45) is 0 Å². The largest absolute Gasteiger partial charge is 0.382 e. The van der Waals surface area contributed by atoms with E-state index in [2.05, 4.69) is 5.32 Å². The third-order valence-corrected chi connectivity index (χ3v) is 4.61. The van der Waals surface area contributed by atoms with Crippen LogP contribution in [0.1, 0.15) is 24.4 Å². The van der Waals surface area contributed by atoms with Crippen molar-refractivity contribution in [1.29, 1.82) is 0 Å². The van der Waals surface area contributed by atoms with E-state index in [4.69, 9.17) is 21.1 Å². The second kappa shape index (κ2) is 8.63. The summed E-state index contributed by atoms with van der Waals surface area (Å²) in [7, 11) is 1.62. The Labute approximate surface area is 134 Å². The summed E-state index contributed by atoms with van der Waals surface area (Å²) in [5.41, 5.74) is 1.12. The van der Waals surface area contributed by atoms with Crippen LogP contribution in [0.4, 0.5) is 0 Å². The van der Waals surface area contributed by atoms with Gasteiger partial charge in [-0.05, 0) is 30.2 Å². The van der Waals surface area contributed by atoms with Crippen LogP contribution in [0.15, 0.2) is 23.1 Å². The molecule has 4 nitrogen and oxygen atoms in total. The molecule has 1 atom stereocenters. The number of fused-ring (bicyclic) bond motifs is 1. The van der Waals surface area contributed by atoms with Crippen LogP contribution in [0.3, 0.4) is 0 Å². The zero-order valence-corrected chi connectivity index (χ0v) is 13.6. The molecule has 116 valence electrons. The average molecular weight is 330 g/mol. The fourth-order valence-electron chi connectivity index (χ4n) is 2.19.